The molecule has 0 aliphatic carbocycles. The number of nitriles is 1. The van der Waals surface area contributed by atoms with Crippen molar-refractivity contribution in [3.05, 3.63) is 63.7 Å². The van der Waals surface area contributed by atoms with Gasteiger partial charge in [0.2, 0.25) is 5.91 Å². The first-order valence-electron chi connectivity index (χ1n) is 10.2. The minimum atomic E-state index is -0.868. The zero-order valence-electron chi connectivity index (χ0n) is 17.6. The second-order valence-corrected chi connectivity index (χ2v) is 7.98. The van der Waals surface area contributed by atoms with E-state index in [4.69, 9.17) is 9.47 Å². The van der Waals surface area contributed by atoms with Crippen molar-refractivity contribution >= 4 is 17.3 Å². The van der Waals surface area contributed by atoms with E-state index in [1.54, 1.807) is 30.3 Å². The van der Waals surface area contributed by atoms with Crippen molar-refractivity contribution in [2.75, 3.05) is 25.1 Å². The molecule has 0 spiro atoms. The summed E-state index contributed by atoms with van der Waals surface area (Å²) in [4.78, 5) is 23.9. The third-order valence-electron chi connectivity index (χ3n) is 5.34. The number of nitro groups is 1. The maximum atomic E-state index is 13.4. The van der Waals surface area contributed by atoms with Crippen LogP contribution >= 0.6 is 0 Å². The Hall–Kier alpha value is -3.44. The zero-order chi connectivity index (χ0) is 22.4. The topological polar surface area (TPSA) is 114 Å². The van der Waals surface area contributed by atoms with Crippen LogP contribution in [0.5, 0.6) is 5.75 Å². The first-order valence-corrected chi connectivity index (χ1v) is 10.2. The van der Waals surface area contributed by atoms with Crippen LogP contribution in [-0.2, 0) is 14.9 Å². The van der Waals surface area contributed by atoms with Gasteiger partial charge < -0.3 is 14.8 Å². The number of non-ortho nitro benzene ring substituents is 1. The fraction of sp³-hybridized carbons (Fsp3) is 0.391. The lowest BCUT2D eigenvalue weighted by Gasteiger charge is -2.36. The van der Waals surface area contributed by atoms with Gasteiger partial charge in [0.25, 0.3) is 5.69 Å². The van der Waals surface area contributed by atoms with Crippen LogP contribution in [0.25, 0.3) is 0 Å². The van der Waals surface area contributed by atoms with Crippen LogP contribution in [-0.4, -0.2) is 30.7 Å². The summed E-state index contributed by atoms with van der Waals surface area (Å²) >= 11 is 0. The number of ether oxygens (including phenoxy) is 2. The number of nitro benzene ring substituents is 1. The second kappa shape index (κ2) is 9.58. The second-order valence-electron chi connectivity index (χ2n) is 7.98. The van der Waals surface area contributed by atoms with E-state index in [1.165, 1.54) is 12.1 Å². The highest BCUT2D eigenvalue weighted by Crippen LogP contribution is 2.37. The fourth-order valence-corrected chi connectivity index (χ4v) is 3.60. The van der Waals surface area contributed by atoms with E-state index in [0.29, 0.717) is 61.1 Å². The van der Waals surface area contributed by atoms with Gasteiger partial charge in [-0.05, 0) is 42.5 Å². The number of carbonyl (C=O) groups is 1. The van der Waals surface area contributed by atoms with Crippen molar-refractivity contribution in [1.29, 1.82) is 5.26 Å². The van der Waals surface area contributed by atoms with E-state index in [0.717, 1.165) is 0 Å². The minimum Gasteiger partial charge on any atom is -0.492 e. The summed E-state index contributed by atoms with van der Waals surface area (Å²) in [5, 5.41) is 23.4. The number of amides is 1. The van der Waals surface area contributed by atoms with E-state index in [-0.39, 0.29) is 11.6 Å². The van der Waals surface area contributed by atoms with Gasteiger partial charge in [0.05, 0.1) is 22.5 Å². The number of hydrogen-bond acceptors (Lipinski definition) is 6. The fourth-order valence-electron chi connectivity index (χ4n) is 3.60. The Morgan fingerprint density at radius 3 is 2.52 bits per heavy atom. The minimum absolute atomic E-state index is 0.0259. The van der Waals surface area contributed by atoms with E-state index in [9.17, 15) is 20.2 Å². The summed E-state index contributed by atoms with van der Waals surface area (Å²) in [5.41, 5.74) is 0.645. The van der Waals surface area contributed by atoms with Crippen molar-refractivity contribution in [2.24, 2.45) is 5.92 Å². The number of rotatable bonds is 7. The molecule has 1 N–H and O–H groups in total. The summed E-state index contributed by atoms with van der Waals surface area (Å²) in [7, 11) is 0. The van der Waals surface area contributed by atoms with Crippen molar-refractivity contribution < 1.29 is 19.2 Å². The first-order chi connectivity index (χ1) is 14.9. The van der Waals surface area contributed by atoms with Crippen LogP contribution in [0.3, 0.4) is 0 Å². The van der Waals surface area contributed by atoms with Gasteiger partial charge in [-0.2, -0.15) is 5.26 Å². The van der Waals surface area contributed by atoms with Gasteiger partial charge in [-0.25, -0.2) is 0 Å². The molecule has 2 aromatic rings. The molecule has 3 rings (SSSR count). The third kappa shape index (κ3) is 5.01. The molecule has 1 saturated heterocycles. The lowest BCUT2D eigenvalue weighted by Crippen LogP contribution is -2.44. The quantitative estimate of drug-likeness (QED) is 0.527. The molecule has 2 aromatic carbocycles. The lowest BCUT2D eigenvalue weighted by atomic mass is 9.73. The van der Waals surface area contributed by atoms with Crippen LogP contribution in [0.15, 0.2) is 42.5 Å². The highest BCUT2D eigenvalue weighted by molar-refractivity contribution is 5.99. The van der Waals surface area contributed by atoms with Gasteiger partial charge in [-0.3, -0.25) is 14.9 Å². The predicted octanol–water partition coefficient (Wildman–Crippen LogP) is 4.19. The summed E-state index contributed by atoms with van der Waals surface area (Å²) in [6.45, 7) is 5.35. The highest BCUT2D eigenvalue weighted by Gasteiger charge is 2.42. The molecule has 0 radical (unpaired) electrons. The Morgan fingerprint density at radius 2 is 1.94 bits per heavy atom. The van der Waals surface area contributed by atoms with Crippen LogP contribution < -0.4 is 10.1 Å². The van der Waals surface area contributed by atoms with Gasteiger partial charge in [0, 0.05) is 31.0 Å². The molecule has 0 atom stereocenters. The largest absolute Gasteiger partial charge is 0.492 e. The van der Waals surface area contributed by atoms with E-state index >= 15 is 0 Å². The molecular formula is C23H25N3O5. The number of nitrogens with one attached hydrogen (secondary N) is 1. The van der Waals surface area contributed by atoms with Crippen LogP contribution in [0.2, 0.25) is 0 Å². The molecule has 0 bridgehead atoms. The summed E-state index contributed by atoms with van der Waals surface area (Å²) in [5.74, 6) is 0.565. The molecule has 1 fully saturated rings. The molecule has 162 valence electrons. The molecule has 1 aliphatic heterocycles. The third-order valence-corrected chi connectivity index (χ3v) is 5.34. The van der Waals surface area contributed by atoms with Crippen molar-refractivity contribution in [2.45, 2.75) is 32.1 Å². The summed E-state index contributed by atoms with van der Waals surface area (Å²) in [6, 6.07) is 13.2. The normalized spacial score (nSPS) is 15.2. The van der Waals surface area contributed by atoms with Gasteiger partial charge in [-0.15, -0.1) is 0 Å². The number of carbonyl (C=O) groups excluding carboxylic acids is 1. The zero-order valence-corrected chi connectivity index (χ0v) is 17.6. The smallest absolute Gasteiger partial charge is 0.269 e. The Labute approximate surface area is 180 Å². The van der Waals surface area contributed by atoms with Crippen LogP contribution in [0.1, 0.15) is 37.8 Å². The number of anilines is 1. The maximum absolute atomic E-state index is 13.4. The average molecular weight is 423 g/mol. The number of benzene rings is 2. The SMILES string of the molecule is CC(C)COc1ccc(NC(=O)C2(c3ccc([N+](=O)[O-])cc3)CCOCC2)cc1C#N. The summed E-state index contributed by atoms with van der Waals surface area (Å²) < 4.78 is 11.1. The molecule has 31 heavy (non-hydrogen) atoms. The van der Waals surface area contributed by atoms with Crippen molar-refractivity contribution in [1.82, 2.24) is 0 Å². The van der Waals surface area contributed by atoms with Gasteiger partial charge in [0.15, 0.2) is 0 Å². The average Bonchev–Trinajstić information content (AvgIpc) is 2.78. The van der Waals surface area contributed by atoms with Gasteiger partial charge in [0.1, 0.15) is 11.8 Å². The molecule has 1 amide bonds. The Kier molecular flexibility index (Phi) is 6.88. The Bertz CT molecular complexity index is 989. The van der Waals surface area contributed by atoms with Crippen LogP contribution in [0, 0.1) is 27.4 Å². The first kappa shape index (κ1) is 22.2. The Morgan fingerprint density at radius 1 is 1.26 bits per heavy atom. The highest BCUT2D eigenvalue weighted by atomic mass is 16.6. The maximum Gasteiger partial charge on any atom is 0.269 e. The van der Waals surface area contributed by atoms with E-state index < -0.39 is 10.3 Å². The van der Waals surface area contributed by atoms with E-state index in [2.05, 4.69) is 11.4 Å². The van der Waals surface area contributed by atoms with Crippen molar-refractivity contribution in [3.8, 4) is 11.8 Å². The molecule has 0 saturated carbocycles. The molecular weight excluding hydrogens is 398 g/mol. The summed E-state index contributed by atoms with van der Waals surface area (Å²) in [6.07, 6.45) is 0.911. The lowest BCUT2D eigenvalue weighted by molar-refractivity contribution is -0.384. The van der Waals surface area contributed by atoms with E-state index in [1.807, 2.05) is 13.8 Å². The Balaban J connectivity index is 1.86. The monoisotopic (exact) mass is 423 g/mol. The van der Waals surface area contributed by atoms with Gasteiger partial charge >= 0.3 is 0 Å². The van der Waals surface area contributed by atoms with Crippen LogP contribution in [0.4, 0.5) is 11.4 Å². The molecule has 8 heteroatoms. The molecule has 0 unspecified atom stereocenters. The molecule has 8 nitrogen and oxygen atoms in total. The standard InChI is InChI=1S/C23H25N3O5/c1-16(2)15-31-21-8-5-19(13-17(21)14-24)25-22(27)23(9-11-30-12-10-23)18-3-6-20(7-4-18)26(28)29/h3-8,13,16H,9-12,15H2,1-2H3,(H,25,27). The van der Waals surface area contributed by atoms with Crippen molar-refractivity contribution in [3.63, 3.8) is 0 Å². The number of hydrogen-bond donors (Lipinski definition) is 1. The molecule has 0 aromatic heterocycles. The molecule has 1 aliphatic rings. The predicted molar refractivity (Wildman–Crippen MR) is 115 cm³/mol. The van der Waals surface area contributed by atoms with Gasteiger partial charge in [-0.1, -0.05) is 26.0 Å². The number of nitrogens with zero attached hydrogens (tertiary/aromatic N) is 2. The molecule has 1 heterocycles.